The van der Waals surface area contributed by atoms with E-state index >= 15 is 0 Å². The molecule has 0 radical (unpaired) electrons. The molecule has 1 saturated carbocycles. The molecule has 1 fully saturated rings. The van der Waals surface area contributed by atoms with Gasteiger partial charge >= 0.3 is 0 Å². The van der Waals surface area contributed by atoms with E-state index in [0.717, 1.165) is 12.5 Å². The first-order chi connectivity index (χ1) is 7.90. The average molecular weight is 219 g/mol. The number of hydrogen-bond donors (Lipinski definition) is 1. The SMILES string of the molecule is CNCc1nc(C2CCCC2)c2n1CCC2. The minimum atomic E-state index is 0.768. The van der Waals surface area contributed by atoms with Crippen molar-refractivity contribution in [2.45, 2.75) is 57.5 Å². The molecule has 88 valence electrons. The third-order valence-electron chi connectivity index (χ3n) is 4.05. The lowest BCUT2D eigenvalue weighted by Crippen LogP contribution is -2.11. The molecule has 1 N–H and O–H groups in total. The van der Waals surface area contributed by atoms with E-state index in [4.69, 9.17) is 4.98 Å². The quantitative estimate of drug-likeness (QED) is 0.844. The molecular formula is C13H21N3. The molecule has 0 spiro atoms. The molecule has 1 aliphatic heterocycles. The van der Waals surface area contributed by atoms with Crippen molar-refractivity contribution in [1.82, 2.24) is 14.9 Å². The van der Waals surface area contributed by atoms with E-state index in [2.05, 4.69) is 9.88 Å². The first kappa shape index (κ1) is 10.3. The Kier molecular flexibility index (Phi) is 2.72. The average Bonchev–Trinajstić information content (AvgIpc) is 2.94. The van der Waals surface area contributed by atoms with Crippen molar-refractivity contribution in [3.8, 4) is 0 Å². The zero-order chi connectivity index (χ0) is 11.0. The van der Waals surface area contributed by atoms with Crippen LogP contribution in [0.15, 0.2) is 0 Å². The van der Waals surface area contributed by atoms with Crippen LogP contribution in [0.3, 0.4) is 0 Å². The van der Waals surface area contributed by atoms with Crippen molar-refractivity contribution in [1.29, 1.82) is 0 Å². The summed E-state index contributed by atoms with van der Waals surface area (Å²) in [6, 6.07) is 0. The largest absolute Gasteiger partial charge is 0.331 e. The topological polar surface area (TPSA) is 29.9 Å². The molecule has 0 atom stereocenters. The Morgan fingerprint density at radius 3 is 2.88 bits per heavy atom. The molecule has 0 amide bonds. The van der Waals surface area contributed by atoms with Crippen LogP contribution in [0.4, 0.5) is 0 Å². The number of rotatable bonds is 3. The lowest BCUT2D eigenvalue weighted by atomic mass is 10.0. The van der Waals surface area contributed by atoms with Gasteiger partial charge in [-0.05, 0) is 32.7 Å². The van der Waals surface area contributed by atoms with Gasteiger partial charge in [-0.25, -0.2) is 4.98 Å². The molecule has 1 aromatic rings. The van der Waals surface area contributed by atoms with Gasteiger partial charge in [-0.1, -0.05) is 12.8 Å². The molecule has 3 rings (SSSR count). The maximum Gasteiger partial charge on any atom is 0.123 e. The van der Waals surface area contributed by atoms with Crippen molar-refractivity contribution in [2.24, 2.45) is 0 Å². The van der Waals surface area contributed by atoms with Gasteiger partial charge in [0.15, 0.2) is 0 Å². The Bertz CT molecular complexity index is 375. The minimum Gasteiger partial charge on any atom is -0.331 e. The standard InChI is InChI=1S/C13H21N3/c1-14-9-12-15-13(10-5-2-3-6-10)11-7-4-8-16(11)12/h10,14H,2-9H2,1H3. The van der Waals surface area contributed by atoms with E-state index in [9.17, 15) is 0 Å². The maximum absolute atomic E-state index is 4.90. The highest BCUT2D eigenvalue weighted by molar-refractivity contribution is 5.24. The van der Waals surface area contributed by atoms with E-state index in [-0.39, 0.29) is 0 Å². The summed E-state index contributed by atoms with van der Waals surface area (Å²) < 4.78 is 2.46. The summed E-state index contributed by atoms with van der Waals surface area (Å²) >= 11 is 0. The summed E-state index contributed by atoms with van der Waals surface area (Å²) in [7, 11) is 2.01. The lowest BCUT2D eigenvalue weighted by Gasteiger charge is -2.06. The summed E-state index contributed by atoms with van der Waals surface area (Å²) in [5.41, 5.74) is 3.00. The predicted molar refractivity (Wildman–Crippen MR) is 64.5 cm³/mol. The van der Waals surface area contributed by atoms with Gasteiger partial charge in [0, 0.05) is 18.2 Å². The first-order valence-electron chi connectivity index (χ1n) is 6.63. The first-order valence-corrected chi connectivity index (χ1v) is 6.63. The van der Waals surface area contributed by atoms with Crippen molar-refractivity contribution >= 4 is 0 Å². The second-order valence-corrected chi connectivity index (χ2v) is 5.13. The fourth-order valence-corrected chi connectivity index (χ4v) is 3.31. The molecule has 16 heavy (non-hydrogen) atoms. The van der Waals surface area contributed by atoms with Gasteiger partial charge in [0.25, 0.3) is 0 Å². The van der Waals surface area contributed by atoms with Crippen LogP contribution in [0, 0.1) is 0 Å². The van der Waals surface area contributed by atoms with Crippen molar-refractivity contribution < 1.29 is 0 Å². The van der Waals surface area contributed by atoms with Gasteiger partial charge < -0.3 is 9.88 Å². The third-order valence-corrected chi connectivity index (χ3v) is 4.05. The van der Waals surface area contributed by atoms with Gasteiger partial charge in [0.2, 0.25) is 0 Å². The maximum atomic E-state index is 4.90. The molecule has 1 aromatic heterocycles. The number of fused-ring (bicyclic) bond motifs is 1. The summed E-state index contributed by atoms with van der Waals surface area (Å²) in [5, 5.41) is 3.23. The normalized spacial score (nSPS) is 20.6. The van der Waals surface area contributed by atoms with Crippen LogP contribution >= 0.6 is 0 Å². The molecule has 1 aliphatic carbocycles. The Labute approximate surface area is 97.3 Å². The number of hydrogen-bond acceptors (Lipinski definition) is 2. The monoisotopic (exact) mass is 219 g/mol. The molecular weight excluding hydrogens is 198 g/mol. The molecule has 0 saturated heterocycles. The molecule has 2 aliphatic rings. The van der Waals surface area contributed by atoms with Crippen LogP contribution in [0.1, 0.15) is 55.2 Å². The number of imidazole rings is 1. The van der Waals surface area contributed by atoms with Crippen LogP contribution in [0.25, 0.3) is 0 Å². The molecule has 0 aromatic carbocycles. The van der Waals surface area contributed by atoms with Gasteiger partial charge in [0.05, 0.1) is 12.2 Å². The van der Waals surface area contributed by atoms with Gasteiger partial charge in [-0.15, -0.1) is 0 Å². The summed E-state index contributed by atoms with van der Waals surface area (Å²) in [6.07, 6.45) is 8.10. The van der Waals surface area contributed by atoms with Gasteiger partial charge in [-0.2, -0.15) is 0 Å². The second-order valence-electron chi connectivity index (χ2n) is 5.13. The Hall–Kier alpha value is -0.830. The minimum absolute atomic E-state index is 0.768. The van der Waals surface area contributed by atoms with Crippen LogP contribution in [-0.2, 0) is 19.5 Å². The van der Waals surface area contributed by atoms with Crippen molar-refractivity contribution in [2.75, 3.05) is 7.05 Å². The van der Waals surface area contributed by atoms with E-state index in [0.29, 0.717) is 0 Å². The Balaban J connectivity index is 1.95. The van der Waals surface area contributed by atoms with E-state index in [1.165, 1.54) is 56.6 Å². The molecule has 3 heteroatoms. The predicted octanol–water partition coefficient (Wildman–Crippen LogP) is 2.21. The second kappa shape index (κ2) is 4.21. The summed E-state index contributed by atoms with van der Waals surface area (Å²) in [6.45, 7) is 2.10. The highest BCUT2D eigenvalue weighted by atomic mass is 15.1. The Morgan fingerprint density at radius 1 is 1.31 bits per heavy atom. The fraction of sp³-hybridized carbons (Fsp3) is 0.769. The van der Waals surface area contributed by atoms with Crippen molar-refractivity contribution in [3.05, 3.63) is 17.2 Å². The van der Waals surface area contributed by atoms with Crippen molar-refractivity contribution in [3.63, 3.8) is 0 Å². The zero-order valence-electron chi connectivity index (χ0n) is 10.1. The third kappa shape index (κ3) is 1.58. The van der Waals surface area contributed by atoms with Crippen LogP contribution in [0.5, 0.6) is 0 Å². The lowest BCUT2D eigenvalue weighted by molar-refractivity contribution is 0.648. The van der Waals surface area contributed by atoms with Crippen LogP contribution in [-0.4, -0.2) is 16.6 Å². The van der Waals surface area contributed by atoms with E-state index in [1.807, 2.05) is 7.05 Å². The number of aromatic nitrogens is 2. The zero-order valence-corrected chi connectivity index (χ0v) is 10.1. The Morgan fingerprint density at radius 2 is 2.12 bits per heavy atom. The molecule has 2 heterocycles. The van der Waals surface area contributed by atoms with Gasteiger partial charge in [0.1, 0.15) is 5.82 Å². The molecule has 0 bridgehead atoms. The van der Waals surface area contributed by atoms with Crippen LogP contribution in [0.2, 0.25) is 0 Å². The fourth-order valence-electron chi connectivity index (χ4n) is 3.31. The van der Waals surface area contributed by atoms with Crippen LogP contribution < -0.4 is 5.32 Å². The number of nitrogens with one attached hydrogen (secondary N) is 1. The molecule has 0 unspecified atom stereocenters. The van der Waals surface area contributed by atoms with E-state index in [1.54, 1.807) is 5.69 Å². The highest BCUT2D eigenvalue weighted by Gasteiger charge is 2.27. The highest BCUT2D eigenvalue weighted by Crippen LogP contribution is 2.37. The number of nitrogens with zero attached hydrogens (tertiary/aromatic N) is 2. The molecule has 3 nitrogen and oxygen atoms in total. The van der Waals surface area contributed by atoms with E-state index < -0.39 is 0 Å². The summed E-state index contributed by atoms with van der Waals surface area (Å²) in [4.78, 5) is 4.90. The summed E-state index contributed by atoms with van der Waals surface area (Å²) in [5.74, 6) is 2.03. The smallest absolute Gasteiger partial charge is 0.123 e. The van der Waals surface area contributed by atoms with Gasteiger partial charge in [-0.3, -0.25) is 0 Å².